The second kappa shape index (κ2) is 6.36. The first-order chi connectivity index (χ1) is 10.0. The molecule has 0 radical (unpaired) electrons. The zero-order valence-electron chi connectivity index (χ0n) is 10.9. The van der Waals surface area contributed by atoms with Gasteiger partial charge >= 0.3 is 5.97 Å². The maximum atomic E-state index is 11.0. The number of benzene rings is 1. The quantitative estimate of drug-likeness (QED) is 0.362. The molecule has 0 aliphatic rings. The lowest BCUT2D eigenvalue weighted by atomic mass is 10.1. The topological polar surface area (TPSA) is 82.6 Å². The van der Waals surface area contributed by atoms with Crippen LogP contribution < -0.4 is 0 Å². The van der Waals surface area contributed by atoms with Gasteiger partial charge in [-0.3, -0.25) is 10.1 Å². The molecule has 1 aromatic heterocycles. The SMILES string of the molecule is COC(=O)/C=C/c1ccc(-c2ccc([N+](=O)[O-])cc2Br)o1. The van der Waals surface area contributed by atoms with E-state index in [9.17, 15) is 14.9 Å². The van der Waals surface area contributed by atoms with E-state index < -0.39 is 10.9 Å². The van der Waals surface area contributed by atoms with Crippen LogP contribution in [-0.2, 0) is 9.53 Å². The van der Waals surface area contributed by atoms with Crippen LogP contribution in [0, 0.1) is 10.1 Å². The third-order valence-electron chi connectivity index (χ3n) is 2.64. The van der Waals surface area contributed by atoms with Gasteiger partial charge in [-0.05, 0) is 40.2 Å². The molecule has 0 saturated carbocycles. The van der Waals surface area contributed by atoms with Gasteiger partial charge in [-0.1, -0.05) is 0 Å². The molecule has 7 heteroatoms. The number of hydrogen-bond donors (Lipinski definition) is 0. The maximum Gasteiger partial charge on any atom is 0.330 e. The first kappa shape index (κ1) is 15.0. The molecule has 108 valence electrons. The second-order valence-electron chi connectivity index (χ2n) is 3.98. The van der Waals surface area contributed by atoms with E-state index in [4.69, 9.17) is 4.42 Å². The molecule has 6 nitrogen and oxygen atoms in total. The number of ether oxygens (including phenoxy) is 1. The maximum absolute atomic E-state index is 11.0. The molecular weight excluding hydrogens is 342 g/mol. The van der Waals surface area contributed by atoms with Gasteiger partial charge in [0.2, 0.25) is 0 Å². The highest BCUT2D eigenvalue weighted by atomic mass is 79.9. The molecule has 0 N–H and O–H groups in total. The summed E-state index contributed by atoms with van der Waals surface area (Å²) in [6.07, 6.45) is 2.72. The number of hydrogen-bond acceptors (Lipinski definition) is 5. The van der Waals surface area contributed by atoms with Crippen LogP contribution in [0.5, 0.6) is 0 Å². The Morgan fingerprint density at radius 2 is 2.14 bits per heavy atom. The summed E-state index contributed by atoms with van der Waals surface area (Å²) >= 11 is 3.28. The summed E-state index contributed by atoms with van der Waals surface area (Å²) in [5.41, 5.74) is 0.668. The molecule has 0 unspecified atom stereocenters. The summed E-state index contributed by atoms with van der Waals surface area (Å²) < 4.78 is 10.6. The Morgan fingerprint density at radius 1 is 1.38 bits per heavy atom. The molecule has 1 aromatic carbocycles. The van der Waals surface area contributed by atoms with Crippen molar-refractivity contribution in [1.82, 2.24) is 0 Å². The molecule has 0 aliphatic carbocycles. The van der Waals surface area contributed by atoms with Crippen molar-refractivity contribution in [1.29, 1.82) is 0 Å². The Labute approximate surface area is 128 Å². The van der Waals surface area contributed by atoms with Crippen LogP contribution in [-0.4, -0.2) is 18.0 Å². The van der Waals surface area contributed by atoms with Crippen LogP contribution >= 0.6 is 15.9 Å². The predicted molar refractivity (Wildman–Crippen MR) is 79.5 cm³/mol. The minimum absolute atomic E-state index is 0.0111. The molecule has 2 aromatic rings. The van der Waals surface area contributed by atoms with Crippen LogP contribution in [0.15, 0.2) is 45.3 Å². The van der Waals surface area contributed by atoms with Crippen LogP contribution in [0.1, 0.15) is 5.76 Å². The number of non-ortho nitro benzene ring substituents is 1. The molecule has 0 amide bonds. The first-order valence-electron chi connectivity index (χ1n) is 5.81. The van der Waals surface area contributed by atoms with Gasteiger partial charge in [-0.2, -0.15) is 0 Å². The first-order valence-corrected chi connectivity index (χ1v) is 6.60. The van der Waals surface area contributed by atoms with E-state index in [0.717, 1.165) is 0 Å². The standard InChI is InChI=1S/C14H10BrNO5/c1-20-14(17)7-4-10-3-6-13(21-10)11-5-2-9(16(18)19)8-12(11)15/h2-8H,1H3/b7-4+. The summed E-state index contributed by atoms with van der Waals surface area (Å²) in [6.45, 7) is 0. The lowest BCUT2D eigenvalue weighted by Crippen LogP contribution is -1.92. The van der Waals surface area contributed by atoms with E-state index >= 15 is 0 Å². The summed E-state index contributed by atoms with van der Waals surface area (Å²) in [5, 5.41) is 10.7. The Balaban J connectivity index is 2.27. The van der Waals surface area contributed by atoms with Gasteiger partial charge in [-0.15, -0.1) is 0 Å². The van der Waals surface area contributed by atoms with Crippen molar-refractivity contribution in [3.63, 3.8) is 0 Å². The summed E-state index contributed by atoms with van der Waals surface area (Å²) in [7, 11) is 1.29. The number of methoxy groups -OCH3 is 1. The monoisotopic (exact) mass is 351 g/mol. The number of nitro groups is 1. The number of nitro benzene ring substituents is 1. The molecule has 21 heavy (non-hydrogen) atoms. The van der Waals surface area contributed by atoms with Crippen molar-refractivity contribution in [3.8, 4) is 11.3 Å². The lowest BCUT2D eigenvalue weighted by Gasteiger charge is -2.00. The summed E-state index contributed by atoms with van der Waals surface area (Å²) in [6, 6.07) is 7.79. The Morgan fingerprint density at radius 3 is 2.76 bits per heavy atom. The highest BCUT2D eigenvalue weighted by Crippen LogP contribution is 2.32. The zero-order chi connectivity index (χ0) is 15.4. The van der Waals surface area contributed by atoms with Crippen LogP contribution in [0.4, 0.5) is 5.69 Å². The highest BCUT2D eigenvalue weighted by Gasteiger charge is 2.12. The van der Waals surface area contributed by atoms with Gasteiger partial charge in [0.15, 0.2) is 0 Å². The normalized spacial score (nSPS) is 10.8. The lowest BCUT2D eigenvalue weighted by molar-refractivity contribution is -0.384. The van der Waals surface area contributed by atoms with E-state index in [-0.39, 0.29) is 5.69 Å². The number of carbonyl (C=O) groups is 1. The fourth-order valence-corrected chi connectivity index (χ4v) is 2.18. The van der Waals surface area contributed by atoms with E-state index in [1.54, 1.807) is 18.2 Å². The van der Waals surface area contributed by atoms with Crippen molar-refractivity contribution in [2.45, 2.75) is 0 Å². The Hall–Kier alpha value is -2.41. The summed E-state index contributed by atoms with van der Waals surface area (Å²) in [4.78, 5) is 21.2. The van der Waals surface area contributed by atoms with Crippen LogP contribution in [0.25, 0.3) is 17.4 Å². The van der Waals surface area contributed by atoms with Crippen molar-refractivity contribution in [2.24, 2.45) is 0 Å². The van der Waals surface area contributed by atoms with E-state index in [2.05, 4.69) is 20.7 Å². The van der Waals surface area contributed by atoms with Gasteiger partial charge in [-0.25, -0.2) is 4.79 Å². The van der Waals surface area contributed by atoms with Gasteiger partial charge in [0.1, 0.15) is 11.5 Å². The van der Waals surface area contributed by atoms with Crippen molar-refractivity contribution < 1.29 is 18.9 Å². The van der Waals surface area contributed by atoms with Crippen LogP contribution in [0.3, 0.4) is 0 Å². The summed E-state index contributed by atoms with van der Waals surface area (Å²) in [5.74, 6) is 0.520. The highest BCUT2D eigenvalue weighted by molar-refractivity contribution is 9.10. The van der Waals surface area contributed by atoms with Crippen molar-refractivity contribution in [3.05, 3.63) is 56.8 Å². The second-order valence-corrected chi connectivity index (χ2v) is 4.83. The van der Waals surface area contributed by atoms with Crippen molar-refractivity contribution in [2.75, 3.05) is 7.11 Å². The average molecular weight is 352 g/mol. The van der Waals surface area contributed by atoms with Gasteiger partial charge in [0.25, 0.3) is 5.69 Å². The number of nitrogens with zero attached hydrogens (tertiary/aromatic N) is 1. The molecule has 0 aliphatic heterocycles. The Kier molecular flexibility index (Phi) is 4.54. The Bertz CT molecular complexity index is 720. The molecule has 1 heterocycles. The molecule has 2 rings (SSSR count). The van der Waals surface area contributed by atoms with Crippen LogP contribution in [0.2, 0.25) is 0 Å². The number of rotatable bonds is 4. The van der Waals surface area contributed by atoms with Gasteiger partial charge < -0.3 is 9.15 Å². The number of halogens is 1. The zero-order valence-corrected chi connectivity index (χ0v) is 12.5. The largest absolute Gasteiger partial charge is 0.466 e. The molecule has 0 atom stereocenters. The van der Waals surface area contributed by atoms with Gasteiger partial charge in [0, 0.05) is 28.2 Å². The number of esters is 1. The fraction of sp³-hybridized carbons (Fsp3) is 0.0714. The molecule has 0 saturated heterocycles. The predicted octanol–water partition coefficient (Wildman–Crippen LogP) is 3.80. The fourth-order valence-electron chi connectivity index (χ4n) is 1.62. The average Bonchev–Trinajstić information content (AvgIpc) is 2.93. The minimum Gasteiger partial charge on any atom is -0.466 e. The third-order valence-corrected chi connectivity index (χ3v) is 3.30. The number of carbonyl (C=O) groups excluding carboxylic acids is 1. The molecule has 0 fully saturated rings. The third kappa shape index (κ3) is 3.57. The smallest absolute Gasteiger partial charge is 0.330 e. The molecule has 0 bridgehead atoms. The molecular formula is C14H10BrNO5. The number of furan rings is 1. The van der Waals surface area contributed by atoms with Gasteiger partial charge in [0.05, 0.1) is 12.0 Å². The minimum atomic E-state index is -0.482. The van der Waals surface area contributed by atoms with E-state index in [1.807, 2.05) is 0 Å². The van der Waals surface area contributed by atoms with E-state index in [0.29, 0.717) is 21.6 Å². The van der Waals surface area contributed by atoms with Crippen molar-refractivity contribution >= 4 is 33.7 Å². The van der Waals surface area contributed by atoms with E-state index in [1.165, 1.54) is 31.4 Å². The molecule has 0 spiro atoms.